The van der Waals surface area contributed by atoms with Gasteiger partial charge in [0.2, 0.25) is 11.8 Å². The Labute approximate surface area is 144 Å². The van der Waals surface area contributed by atoms with Gasteiger partial charge in [0.05, 0.1) is 7.11 Å². The van der Waals surface area contributed by atoms with Crippen LogP contribution in [0.15, 0.2) is 24.3 Å². The van der Waals surface area contributed by atoms with Crippen LogP contribution in [0.25, 0.3) is 0 Å². The fraction of sp³-hybridized carbons (Fsp3) is 0.579. The van der Waals surface area contributed by atoms with Crippen LogP contribution in [0.5, 0.6) is 5.75 Å². The van der Waals surface area contributed by atoms with Crippen LogP contribution in [0, 0.1) is 0 Å². The summed E-state index contributed by atoms with van der Waals surface area (Å²) in [6, 6.07) is 7.73. The monoisotopic (exact) mass is 332 g/mol. The quantitative estimate of drug-likeness (QED) is 0.803. The molecule has 1 atom stereocenters. The second kappa shape index (κ2) is 8.71. The number of carbonyl (C=O) groups is 2. The molecule has 1 unspecified atom stereocenters. The summed E-state index contributed by atoms with van der Waals surface area (Å²) < 4.78 is 5.22. The number of hydrogen-bond acceptors (Lipinski definition) is 3. The van der Waals surface area contributed by atoms with E-state index < -0.39 is 0 Å². The molecule has 0 radical (unpaired) electrons. The predicted molar refractivity (Wildman–Crippen MR) is 95.3 cm³/mol. The van der Waals surface area contributed by atoms with Gasteiger partial charge in [0, 0.05) is 44.2 Å². The first-order valence-electron chi connectivity index (χ1n) is 8.78. The van der Waals surface area contributed by atoms with Crippen molar-refractivity contribution in [3.8, 4) is 5.75 Å². The number of rotatable bonds is 6. The molecule has 1 fully saturated rings. The zero-order valence-electron chi connectivity index (χ0n) is 15.0. The highest BCUT2D eigenvalue weighted by molar-refractivity contribution is 5.92. The van der Waals surface area contributed by atoms with E-state index in [0.717, 1.165) is 31.5 Å². The van der Waals surface area contributed by atoms with E-state index in [1.165, 1.54) is 13.3 Å². The van der Waals surface area contributed by atoms with Gasteiger partial charge < -0.3 is 14.5 Å². The SMILES string of the molecule is CCC1CCCCN1C(=O)CCN(C(C)=O)c1cccc(OC)c1. The van der Waals surface area contributed by atoms with E-state index in [1.807, 2.05) is 29.2 Å². The number of carbonyl (C=O) groups excluding carboxylic acids is 2. The third-order valence-electron chi connectivity index (χ3n) is 4.71. The van der Waals surface area contributed by atoms with E-state index in [4.69, 9.17) is 4.74 Å². The average Bonchev–Trinajstić information content (AvgIpc) is 2.61. The van der Waals surface area contributed by atoms with Crippen LogP contribution in [0.4, 0.5) is 5.69 Å². The Balaban J connectivity index is 2.03. The fourth-order valence-electron chi connectivity index (χ4n) is 3.35. The number of benzene rings is 1. The van der Waals surface area contributed by atoms with Gasteiger partial charge in [-0.25, -0.2) is 0 Å². The van der Waals surface area contributed by atoms with Gasteiger partial charge in [-0.1, -0.05) is 13.0 Å². The molecule has 24 heavy (non-hydrogen) atoms. The fourth-order valence-corrected chi connectivity index (χ4v) is 3.35. The second-order valence-corrected chi connectivity index (χ2v) is 6.27. The first-order chi connectivity index (χ1) is 11.6. The summed E-state index contributed by atoms with van der Waals surface area (Å²) in [6.07, 6.45) is 4.72. The molecule has 0 N–H and O–H groups in total. The van der Waals surface area contributed by atoms with Crippen molar-refractivity contribution < 1.29 is 14.3 Å². The highest BCUT2D eigenvalue weighted by atomic mass is 16.5. The van der Waals surface area contributed by atoms with Crippen LogP contribution in [0.1, 0.15) is 46.0 Å². The van der Waals surface area contributed by atoms with Gasteiger partial charge in [0.25, 0.3) is 0 Å². The number of amides is 2. The predicted octanol–water partition coefficient (Wildman–Crippen LogP) is 3.23. The summed E-state index contributed by atoms with van der Waals surface area (Å²) >= 11 is 0. The lowest BCUT2D eigenvalue weighted by Crippen LogP contribution is -2.44. The molecular weight excluding hydrogens is 304 g/mol. The third kappa shape index (κ3) is 4.49. The van der Waals surface area contributed by atoms with Gasteiger partial charge >= 0.3 is 0 Å². The van der Waals surface area contributed by atoms with Crippen LogP contribution in [-0.2, 0) is 9.59 Å². The Morgan fingerprint density at radius 2 is 2.12 bits per heavy atom. The lowest BCUT2D eigenvalue weighted by Gasteiger charge is -2.35. The molecule has 0 saturated carbocycles. The Morgan fingerprint density at radius 3 is 2.79 bits per heavy atom. The van der Waals surface area contributed by atoms with Crippen molar-refractivity contribution in [2.24, 2.45) is 0 Å². The molecule has 0 aromatic heterocycles. The third-order valence-corrected chi connectivity index (χ3v) is 4.71. The Kier molecular flexibility index (Phi) is 6.64. The van der Waals surface area contributed by atoms with Crippen molar-refractivity contribution >= 4 is 17.5 Å². The molecule has 2 rings (SSSR count). The summed E-state index contributed by atoms with van der Waals surface area (Å²) in [5.74, 6) is 0.782. The van der Waals surface area contributed by atoms with Gasteiger partial charge in [0.15, 0.2) is 0 Å². The van der Waals surface area contributed by atoms with E-state index in [0.29, 0.717) is 24.8 Å². The Morgan fingerprint density at radius 1 is 1.33 bits per heavy atom. The molecule has 1 aromatic carbocycles. The summed E-state index contributed by atoms with van der Waals surface area (Å²) in [5.41, 5.74) is 0.764. The molecule has 5 nitrogen and oxygen atoms in total. The van der Waals surface area contributed by atoms with Crippen LogP contribution in [-0.4, -0.2) is 43.0 Å². The normalized spacial score (nSPS) is 17.5. The maximum absolute atomic E-state index is 12.6. The molecule has 2 amide bonds. The molecule has 1 aliphatic rings. The maximum Gasteiger partial charge on any atom is 0.224 e. The van der Waals surface area contributed by atoms with Gasteiger partial charge in [-0.3, -0.25) is 9.59 Å². The summed E-state index contributed by atoms with van der Waals surface area (Å²) in [7, 11) is 1.60. The van der Waals surface area contributed by atoms with Gasteiger partial charge in [-0.05, 0) is 37.8 Å². The summed E-state index contributed by atoms with van der Waals surface area (Å²) in [4.78, 5) is 28.3. The van der Waals surface area contributed by atoms with E-state index in [-0.39, 0.29) is 11.8 Å². The maximum atomic E-state index is 12.6. The number of nitrogens with zero attached hydrogens (tertiary/aromatic N) is 2. The molecule has 0 bridgehead atoms. The molecule has 1 saturated heterocycles. The zero-order valence-corrected chi connectivity index (χ0v) is 15.0. The molecule has 1 heterocycles. The first-order valence-corrected chi connectivity index (χ1v) is 8.78. The first kappa shape index (κ1) is 18.3. The number of piperidine rings is 1. The number of likely N-dealkylation sites (tertiary alicyclic amines) is 1. The van der Waals surface area contributed by atoms with Gasteiger partial charge in [0.1, 0.15) is 5.75 Å². The van der Waals surface area contributed by atoms with Crippen molar-refractivity contribution in [3.63, 3.8) is 0 Å². The minimum absolute atomic E-state index is 0.0678. The lowest BCUT2D eigenvalue weighted by atomic mass is 9.99. The second-order valence-electron chi connectivity index (χ2n) is 6.27. The molecule has 132 valence electrons. The van der Waals surface area contributed by atoms with E-state index in [1.54, 1.807) is 12.0 Å². The topological polar surface area (TPSA) is 49.9 Å². The highest BCUT2D eigenvalue weighted by Gasteiger charge is 2.25. The highest BCUT2D eigenvalue weighted by Crippen LogP contribution is 2.23. The molecule has 0 spiro atoms. The summed E-state index contributed by atoms with van der Waals surface area (Å²) in [6.45, 7) is 4.90. The standard InChI is InChI=1S/C19H28N2O3/c1-4-16-8-5-6-12-21(16)19(23)11-13-20(15(2)22)17-9-7-10-18(14-17)24-3/h7,9-10,14,16H,4-6,8,11-13H2,1-3H3. The molecule has 5 heteroatoms. The van der Waals surface area contributed by atoms with Gasteiger partial charge in [-0.2, -0.15) is 0 Å². The van der Waals surface area contributed by atoms with Crippen molar-refractivity contribution in [2.45, 2.75) is 52.0 Å². The van der Waals surface area contributed by atoms with Crippen molar-refractivity contribution in [1.29, 1.82) is 0 Å². The van der Waals surface area contributed by atoms with Crippen LogP contribution >= 0.6 is 0 Å². The van der Waals surface area contributed by atoms with Crippen molar-refractivity contribution in [3.05, 3.63) is 24.3 Å². The number of methoxy groups -OCH3 is 1. The molecule has 1 aliphatic heterocycles. The van der Waals surface area contributed by atoms with Crippen molar-refractivity contribution in [2.75, 3.05) is 25.1 Å². The van der Waals surface area contributed by atoms with Crippen LogP contribution in [0.3, 0.4) is 0 Å². The number of anilines is 1. The van der Waals surface area contributed by atoms with E-state index in [9.17, 15) is 9.59 Å². The zero-order chi connectivity index (χ0) is 17.5. The average molecular weight is 332 g/mol. The molecule has 0 aliphatic carbocycles. The minimum Gasteiger partial charge on any atom is -0.497 e. The van der Waals surface area contributed by atoms with Crippen LogP contribution < -0.4 is 9.64 Å². The number of ether oxygens (including phenoxy) is 1. The Hall–Kier alpha value is -2.04. The van der Waals surface area contributed by atoms with Crippen LogP contribution in [0.2, 0.25) is 0 Å². The largest absolute Gasteiger partial charge is 0.497 e. The smallest absolute Gasteiger partial charge is 0.224 e. The Bertz CT molecular complexity index is 573. The van der Waals surface area contributed by atoms with Gasteiger partial charge in [-0.15, -0.1) is 0 Å². The lowest BCUT2D eigenvalue weighted by molar-refractivity contribution is -0.134. The van der Waals surface area contributed by atoms with E-state index in [2.05, 4.69) is 6.92 Å². The molecular formula is C19H28N2O3. The summed E-state index contributed by atoms with van der Waals surface area (Å²) in [5, 5.41) is 0. The van der Waals surface area contributed by atoms with Crippen molar-refractivity contribution in [1.82, 2.24) is 4.90 Å². The minimum atomic E-state index is -0.0678. The number of hydrogen-bond donors (Lipinski definition) is 0. The van der Waals surface area contributed by atoms with E-state index >= 15 is 0 Å². The molecule has 1 aromatic rings.